The number of anilines is 2. The topological polar surface area (TPSA) is 79.5 Å². The van der Waals surface area contributed by atoms with Gasteiger partial charge in [0.25, 0.3) is 0 Å². The molecule has 21 heavy (non-hydrogen) atoms. The lowest BCUT2D eigenvalue weighted by molar-refractivity contribution is -0.117. The number of carbonyl (C=O) groups excluding carboxylic acids is 2. The fourth-order valence-corrected chi connectivity index (χ4v) is 1.81. The SMILES string of the molecule is COCCNCC(=O)Nc1ccc(NC(=O)C2CC2)cc1. The summed E-state index contributed by atoms with van der Waals surface area (Å²) in [5, 5.41) is 8.60. The zero-order valence-electron chi connectivity index (χ0n) is 12.1. The first-order chi connectivity index (χ1) is 10.2. The van der Waals surface area contributed by atoms with E-state index in [1.54, 1.807) is 31.4 Å². The maximum atomic E-state index is 11.7. The second-order valence-corrected chi connectivity index (χ2v) is 5.06. The predicted molar refractivity (Wildman–Crippen MR) is 81.2 cm³/mol. The summed E-state index contributed by atoms with van der Waals surface area (Å²) in [6.07, 6.45) is 1.96. The van der Waals surface area contributed by atoms with Crippen LogP contribution in [0.1, 0.15) is 12.8 Å². The van der Waals surface area contributed by atoms with E-state index in [9.17, 15) is 9.59 Å². The molecule has 114 valence electrons. The molecule has 0 aromatic heterocycles. The molecule has 0 spiro atoms. The fourth-order valence-electron chi connectivity index (χ4n) is 1.81. The van der Waals surface area contributed by atoms with Crippen LogP contribution >= 0.6 is 0 Å². The van der Waals surface area contributed by atoms with Crippen LogP contribution in [0, 0.1) is 5.92 Å². The molecule has 1 aromatic rings. The largest absolute Gasteiger partial charge is 0.383 e. The van der Waals surface area contributed by atoms with Crippen molar-refractivity contribution in [3.8, 4) is 0 Å². The van der Waals surface area contributed by atoms with E-state index >= 15 is 0 Å². The van der Waals surface area contributed by atoms with Gasteiger partial charge in [0, 0.05) is 30.9 Å². The molecule has 0 saturated heterocycles. The highest BCUT2D eigenvalue weighted by atomic mass is 16.5. The van der Waals surface area contributed by atoms with E-state index in [0.29, 0.717) is 18.8 Å². The number of methoxy groups -OCH3 is 1. The summed E-state index contributed by atoms with van der Waals surface area (Å²) in [6, 6.07) is 7.12. The lowest BCUT2D eigenvalue weighted by Crippen LogP contribution is -2.30. The molecular formula is C15H21N3O3. The Kier molecular flexibility index (Phi) is 5.71. The standard InChI is InChI=1S/C15H21N3O3/c1-21-9-8-16-10-14(19)17-12-4-6-13(7-5-12)18-15(20)11-2-3-11/h4-7,11,16H,2-3,8-10H2,1H3,(H,17,19)(H,18,20). The molecule has 2 rings (SSSR count). The number of amides is 2. The van der Waals surface area contributed by atoms with Crippen molar-refractivity contribution in [1.82, 2.24) is 5.32 Å². The number of hydrogen-bond acceptors (Lipinski definition) is 4. The lowest BCUT2D eigenvalue weighted by Gasteiger charge is -2.08. The van der Waals surface area contributed by atoms with Crippen LogP contribution in [0.4, 0.5) is 11.4 Å². The molecule has 0 heterocycles. The quantitative estimate of drug-likeness (QED) is 0.629. The van der Waals surface area contributed by atoms with Crippen molar-refractivity contribution < 1.29 is 14.3 Å². The highest BCUT2D eigenvalue weighted by molar-refractivity contribution is 5.95. The van der Waals surface area contributed by atoms with Crippen molar-refractivity contribution in [3.05, 3.63) is 24.3 Å². The number of carbonyl (C=O) groups is 2. The second-order valence-electron chi connectivity index (χ2n) is 5.06. The fraction of sp³-hybridized carbons (Fsp3) is 0.467. The molecule has 0 bridgehead atoms. The first kappa shape index (κ1) is 15.5. The molecule has 6 nitrogen and oxygen atoms in total. The average Bonchev–Trinajstić information content (AvgIpc) is 3.30. The molecule has 0 radical (unpaired) electrons. The van der Waals surface area contributed by atoms with Crippen LogP contribution in [-0.2, 0) is 14.3 Å². The number of benzene rings is 1. The Hall–Kier alpha value is -1.92. The third-order valence-corrected chi connectivity index (χ3v) is 3.15. The summed E-state index contributed by atoms with van der Waals surface area (Å²) in [6.45, 7) is 1.45. The minimum atomic E-state index is -0.110. The van der Waals surface area contributed by atoms with Gasteiger partial charge in [-0.3, -0.25) is 9.59 Å². The lowest BCUT2D eigenvalue weighted by atomic mass is 10.2. The molecule has 6 heteroatoms. The van der Waals surface area contributed by atoms with Crippen LogP contribution in [0.15, 0.2) is 24.3 Å². The highest BCUT2D eigenvalue weighted by Gasteiger charge is 2.29. The summed E-state index contributed by atoms with van der Waals surface area (Å²) in [5.41, 5.74) is 1.46. The van der Waals surface area contributed by atoms with Crippen LogP contribution in [0.25, 0.3) is 0 Å². The average molecular weight is 291 g/mol. The summed E-state index contributed by atoms with van der Waals surface area (Å²) in [4.78, 5) is 23.3. The van der Waals surface area contributed by atoms with Gasteiger partial charge in [-0.05, 0) is 37.1 Å². The minimum absolute atomic E-state index is 0.0779. The number of hydrogen-bond donors (Lipinski definition) is 3. The van der Waals surface area contributed by atoms with Gasteiger partial charge < -0.3 is 20.7 Å². The smallest absolute Gasteiger partial charge is 0.238 e. The van der Waals surface area contributed by atoms with Crippen molar-refractivity contribution in [1.29, 1.82) is 0 Å². The Morgan fingerprint density at radius 1 is 1.14 bits per heavy atom. The van der Waals surface area contributed by atoms with Crippen LogP contribution < -0.4 is 16.0 Å². The third-order valence-electron chi connectivity index (χ3n) is 3.15. The van der Waals surface area contributed by atoms with Gasteiger partial charge in [0.1, 0.15) is 0 Å². The normalized spacial score (nSPS) is 13.8. The summed E-state index contributed by atoms with van der Waals surface area (Å²) >= 11 is 0. The molecule has 3 N–H and O–H groups in total. The van der Waals surface area contributed by atoms with E-state index in [-0.39, 0.29) is 24.3 Å². The number of ether oxygens (including phenoxy) is 1. The van der Waals surface area contributed by atoms with Crippen LogP contribution in [-0.4, -0.2) is 38.6 Å². The molecule has 0 aliphatic heterocycles. The van der Waals surface area contributed by atoms with Gasteiger partial charge in [0.2, 0.25) is 11.8 Å². The van der Waals surface area contributed by atoms with E-state index in [0.717, 1.165) is 18.5 Å². The maximum Gasteiger partial charge on any atom is 0.238 e. The number of rotatable bonds is 8. The van der Waals surface area contributed by atoms with E-state index in [2.05, 4.69) is 16.0 Å². The zero-order chi connectivity index (χ0) is 15.1. The van der Waals surface area contributed by atoms with E-state index in [1.807, 2.05) is 0 Å². The van der Waals surface area contributed by atoms with E-state index in [4.69, 9.17) is 4.74 Å². The summed E-state index contributed by atoms with van der Waals surface area (Å²) < 4.78 is 4.88. The van der Waals surface area contributed by atoms with E-state index in [1.165, 1.54) is 0 Å². The molecule has 1 aliphatic carbocycles. The molecule has 2 amide bonds. The van der Waals surface area contributed by atoms with Gasteiger partial charge in [-0.1, -0.05) is 0 Å². The molecule has 1 saturated carbocycles. The van der Waals surface area contributed by atoms with Crippen LogP contribution in [0.2, 0.25) is 0 Å². The molecule has 1 aromatic carbocycles. The van der Waals surface area contributed by atoms with E-state index < -0.39 is 0 Å². The minimum Gasteiger partial charge on any atom is -0.383 e. The van der Waals surface area contributed by atoms with Gasteiger partial charge in [-0.15, -0.1) is 0 Å². The maximum absolute atomic E-state index is 11.7. The van der Waals surface area contributed by atoms with Crippen LogP contribution in [0.3, 0.4) is 0 Å². The van der Waals surface area contributed by atoms with Gasteiger partial charge >= 0.3 is 0 Å². The molecule has 0 unspecified atom stereocenters. The highest BCUT2D eigenvalue weighted by Crippen LogP contribution is 2.30. The van der Waals surface area contributed by atoms with Crippen molar-refractivity contribution in [2.75, 3.05) is 37.4 Å². The van der Waals surface area contributed by atoms with Gasteiger partial charge in [-0.2, -0.15) is 0 Å². The van der Waals surface area contributed by atoms with Crippen molar-refractivity contribution in [2.45, 2.75) is 12.8 Å². The van der Waals surface area contributed by atoms with Crippen molar-refractivity contribution in [3.63, 3.8) is 0 Å². The Morgan fingerprint density at radius 2 is 1.76 bits per heavy atom. The van der Waals surface area contributed by atoms with Crippen molar-refractivity contribution >= 4 is 23.2 Å². The first-order valence-electron chi connectivity index (χ1n) is 7.09. The first-order valence-corrected chi connectivity index (χ1v) is 7.09. The Balaban J connectivity index is 1.73. The Labute approximate surface area is 124 Å². The van der Waals surface area contributed by atoms with Crippen molar-refractivity contribution in [2.24, 2.45) is 5.92 Å². The van der Waals surface area contributed by atoms with Gasteiger partial charge in [0.15, 0.2) is 0 Å². The van der Waals surface area contributed by atoms with Gasteiger partial charge in [-0.25, -0.2) is 0 Å². The Bertz CT molecular complexity index is 483. The molecule has 1 aliphatic rings. The second kappa shape index (κ2) is 7.75. The summed E-state index contributed by atoms with van der Waals surface area (Å²) in [5.74, 6) is 0.151. The molecule has 1 fully saturated rings. The Morgan fingerprint density at radius 3 is 2.33 bits per heavy atom. The molecular weight excluding hydrogens is 270 g/mol. The summed E-state index contributed by atoms with van der Waals surface area (Å²) in [7, 11) is 1.62. The molecule has 0 atom stereocenters. The number of nitrogens with one attached hydrogen (secondary N) is 3. The zero-order valence-corrected chi connectivity index (χ0v) is 12.1. The van der Waals surface area contributed by atoms with Gasteiger partial charge in [0.05, 0.1) is 13.2 Å². The monoisotopic (exact) mass is 291 g/mol. The third kappa shape index (κ3) is 5.53. The predicted octanol–water partition coefficient (Wildman–Crippen LogP) is 1.21. The van der Waals surface area contributed by atoms with Crippen LogP contribution in [0.5, 0.6) is 0 Å².